The van der Waals surface area contributed by atoms with Crippen LogP contribution < -0.4 is 20.1 Å². The Balaban J connectivity index is 1.61. The fourth-order valence-corrected chi connectivity index (χ4v) is 2.85. The van der Waals surface area contributed by atoms with Crippen molar-refractivity contribution in [2.75, 3.05) is 19.5 Å². The second-order valence-corrected chi connectivity index (χ2v) is 6.98. The molecular weight excluding hydrogens is 396 g/mol. The van der Waals surface area contributed by atoms with Gasteiger partial charge in [-0.1, -0.05) is 6.07 Å². The number of carbonyl (C=O) groups is 2. The first kappa shape index (κ1) is 21.4. The van der Waals surface area contributed by atoms with Crippen molar-refractivity contribution in [3.63, 3.8) is 0 Å². The summed E-state index contributed by atoms with van der Waals surface area (Å²) in [5.74, 6) is -0.163. The quantitative estimate of drug-likeness (QED) is 0.681. The molecule has 0 aliphatic heterocycles. The molecule has 0 spiro atoms. The largest absolute Gasteiger partial charge is 0.493 e. The number of nitrogens with one attached hydrogen (secondary N) is 2. The Morgan fingerprint density at radius 3 is 2.43 bits per heavy atom. The lowest BCUT2D eigenvalue weighted by molar-refractivity contribution is -0.0512. The average molecular weight is 419 g/mol. The number of halogens is 2. The number of benzene rings is 2. The summed E-state index contributed by atoms with van der Waals surface area (Å²) in [6, 6.07) is 11.1. The Morgan fingerprint density at radius 2 is 1.83 bits per heavy atom. The molecule has 0 bridgehead atoms. The molecule has 1 aliphatic carbocycles. The van der Waals surface area contributed by atoms with Gasteiger partial charge in [-0.2, -0.15) is 8.78 Å². The molecule has 9 heteroatoms. The molecule has 1 saturated carbocycles. The summed E-state index contributed by atoms with van der Waals surface area (Å²) < 4.78 is 34.7. The second-order valence-electron chi connectivity index (χ2n) is 6.98. The van der Waals surface area contributed by atoms with E-state index >= 15 is 0 Å². The van der Waals surface area contributed by atoms with Gasteiger partial charge in [-0.3, -0.25) is 4.79 Å². The van der Waals surface area contributed by atoms with Gasteiger partial charge >= 0.3 is 12.6 Å². The van der Waals surface area contributed by atoms with Crippen LogP contribution in [0.2, 0.25) is 0 Å². The standard InChI is InChI=1S/C21H23F2N3O4/c1-26(12-13-3-10-17(29-2)18(11-13)30-20(22)23)19(27)14-4-6-15(7-5-14)24-21(28)25-16-8-9-16/h3-7,10-11,16,20H,8-9,12H2,1-2H3,(H2,24,25,28). The van der Waals surface area contributed by atoms with E-state index in [1.807, 2.05) is 0 Å². The van der Waals surface area contributed by atoms with Crippen molar-refractivity contribution in [2.45, 2.75) is 32.0 Å². The lowest BCUT2D eigenvalue weighted by atomic mass is 10.1. The Morgan fingerprint density at radius 1 is 1.13 bits per heavy atom. The van der Waals surface area contributed by atoms with Gasteiger partial charge in [0.05, 0.1) is 7.11 Å². The Bertz CT molecular complexity index is 902. The van der Waals surface area contributed by atoms with Gasteiger partial charge < -0.3 is 25.0 Å². The van der Waals surface area contributed by atoms with Crippen LogP contribution in [0.4, 0.5) is 19.3 Å². The molecule has 2 aromatic carbocycles. The Labute approximate surface area is 173 Å². The summed E-state index contributed by atoms with van der Waals surface area (Å²) in [4.78, 5) is 25.9. The van der Waals surface area contributed by atoms with E-state index in [0.29, 0.717) is 16.8 Å². The van der Waals surface area contributed by atoms with Crippen LogP contribution in [0.3, 0.4) is 0 Å². The highest BCUT2D eigenvalue weighted by Gasteiger charge is 2.23. The predicted octanol–water partition coefficient (Wildman–Crippen LogP) is 3.85. The zero-order chi connectivity index (χ0) is 21.7. The minimum atomic E-state index is -2.98. The van der Waals surface area contributed by atoms with Crippen molar-refractivity contribution in [1.29, 1.82) is 0 Å². The number of urea groups is 1. The first-order valence-electron chi connectivity index (χ1n) is 9.40. The highest BCUT2D eigenvalue weighted by molar-refractivity contribution is 5.95. The summed E-state index contributed by atoms with van der Waals surface area (Å²) in [6.45, 7) is -2.79. The minimum Gasteiger partial charge on any atom is -0.493 e. The monoisotopic (exact) mass is 419 g/mol. The van der Waals surface area contributed by atoms with Crippen LogP contribution in [0.5, 0.6) is 11.5 Å². The molecule has 0 saturated heterocycles. The normalized spacial score (nSPS) is 13.0. The van der Waals surface area contributed by atoms with Crippen molar-refractivity contribution in [1.82, 2.24) is 10.2 Å². The van der Waals surface area contributed by atoms with E-state index in [9.17, 15) is 18.4 Å². The fraction of sp³-hybridized carbons (Fsp3) is 0.333. The van der Waals surface area contributed by atoms with Crippen LogP contribution in [-0.4, -0.2) is 43.6 Å². The SMILES string of the molecule is COc1ccc(CN(C)C(=O)c2ccc(NC(=O)NC3CC3)cc2)cc1OC(F)F. The maximum Gasteiger partial charge on any atom is 0.387 e. The van der Waals surface area contributed by atoms with Gasteiger partial charge in [0.25, 0.3) is 5.91 Å². The number of anilines is 1. The summed E-state index contributed by atoms with van der Waals surface area (Å²) in [5.41, 5.74) is 1.62. The Kier molecular flexibility index (Phi) is 6.71. The van der Waals surface area contributed by atoms with Crippen molar-refractivity contribution < 1.29 is 27.8 Å². The summed E-state index contributed by atoms with van der Waals surface area (Å²) in [6.07, 6.45) is 1.99. The number of alkyl halides is 2. The molecule has 0 radical (unpaired) electrons. The van der Waals surface area contributed by atoms with Gasteiger partial charge in [-0.25, -0.2) is 4.79 Å². The van der Waals surface area contributed by atoms with E-state index in [0.717, 1.165) is 12.8 Å². The fourth-order valence-electron chi connectivity index (χ4n) is 2.85. The molecule has 3 amide bonds. The topological polar surface area (TPSA) is 79.9 Å². The molecule has 0 atom stereocenters. The van der Waals surface area contributed by atoms with Crippen molar-refractivity contribution in [2.24, 2.45) is 0 Å². The van der Waals surface area contributed by atoms with Gasteiger partial charge in [-0.15, -0.1) is 0 Å². The van der Waals surface area contributed by atoms with E-state index in [1.165, 1.54) is 24.1 Å². The molecule has 2 N–H and O–H groups in total. The minimum absolute atomic E-state index is 0.0919. The molecule has 30 heavy (non-hydrogen) atoms. The number of carbonyl (C=O) groups excluding carboxylic acids is 2. The molecule has 1 aliphatic rings. The first-order chi connectivity index (χ1) is 14.4. The number of hydrogen-bond acceptors (Lipinski definition) is 4. The molecule has 7 nitrogen and oxygen atoms in total. The lowest BCUT2D eigenvalue weighted by Crippen LogP contribution is -2.30. The zero-order valence-corrected chi connectivity index (χ0v) is 16.7. The van der Waals surface area contributed by atoms with E-state index in [-0.39, 0.29) is 36.0 Å². The number of methoxy groups -OCH3 is 1. The average Bonchev–Trinajstić information content (AvgIpc) is 3.51. The number of nitrogens with zero attached hydrogens (tertiary/aromatic N) is 1. The molecule has 0 heterocycles. The predicted molar refractivity (Wildman–Crippen MR) is 107 cm³/mol. The van der Waals surface area contributed by atoms with Crippen LogP contribution in [0.15, 0.2) is 42.5 Å². The zero-order valence-electron chi connectivity index (χ0n) is 16.7. The third-order valence-electron chi connectivity index (χ3n) is 4.51. The number of amides is 3. The molecule has 0 aromatic heterocycles. The van der Waals surface area contributed by atoms with Gasteiger partial charge in [0.1, 0.15) is 0 Å². The van der Waals surface area contributed by atoms with Crippen LogP contribution >= 0.6 is 0 Å². The Hall–Kier alpha value is -3.36. The summed E-state index contributed by atoms with van der Waals surface area (Å²) >= 11 is 0. The van der Waals surface area contributed by atoms with Crippen LogP contribution in [0, 0.1) is 0 Å². The highest BCUT2D eigenvalue weighted by Crippen LogP contribution is 2.30. The lowest BCUT2D eigenvalue weighted by Gasteiger charge is -2.19. The maximum atomic E-state index is 12.7. The maximum absolute atomic E-state index is 12.7. The second kappa shape index (κ2) is 9.43. The van der Waals surface area contributed by atoms with Gasteiger partial charge in [0.2, 0.25) is 0 Å². The smallest absolute Gasteiger partial charge is 0.387 e. The van der Waals surface area contributed by atoms with E-state index in [2.05, 4.69) is 15.4 Å². The summed E-state index contributed by atoms with van der Waals surface area (Å²) in [5, 5.41) is 5.54. The van der Waals surface area contributed by atoms with E-state index < -0.39 is 6.61 Å². The molecule has 3 rings (SSSR count). The van der Waals surface area contributed by atoms with Crippen LogP contribution in [-0.2, 0) is 6.54 Å². The van der Waals surface area contributed by atoms with Gasteiger partial charge in [0, 0.05) is 30.9 Å². The number of hydrogen-bond donors (Lipinski definition) is 2. The van der Waals surface area contributed by atoms with Crippen molar-refractivity contribution >= 4 is 17.6 Å². The van der Waals surface area contributed by atoms with E-state index in [1.54, 1.807) is 37.4 Å². The van der Waals surface area contributed by atoms with E-state index in [4.69, 9.17) is 4.74 Å². The molecule has 0 unspecified atom stereocenters. The number of rotatable bonds is 8. The molecule has 160 valence electrons. The van der Waals surface area contributed by atoms with Crippen molar-refractivity contribution in [3.8, 4) is 11.5 Å². The molecule has 1 fully saturated rings. The third kappa shape index (κ3) is 5.82. The van der Waals surface area contributed by atoms with Crippen molar-refractivity contribution in [3.05, 3.63) is 53.6 Å². The van der Waals surface area contributed by atoms with Crippen LogP contribution in [0.25, 0.3) is 0 Å². The molecular formula is C21H23F2N3O4. The first-order valence-corrected chi connectivity index (χ1v) is 9.40. The van der Waals surface area contributed by atoms with Gasteiger partial charge in [-0.05, 0) is 54.8 Å². The van der Waals surface area contributed by atoms with Gasteiger partial charge in [0.15, 0.2) is 11.5 Å². The molecule has 2 aromatic rings. The third-order valence-corrected chi connectivity index (χ3v) is 4.51. The number of ether oxygens (including phenoxy) is 2. The van der Waals surface area contributed by atoms with Crippen LogP contribution in [0.1, 0.15) is 28.8 Å². The summed E-state index contributed by atoms with van der Waals surface area (Å²) in [7, 11) is 2.96. The highest BCUT2D eigenvalue weighted by atomic mass is 19.3.